The number of azo groups is 1. The van der Waals surface area contributed by atoms with Crippen LogP contribution >= 0.6 is 0 Å². The number of benzene rings is 4. The van der Waals surface area contributed by atoms with Crippen LogP contribution in [0.1, 0.15) is 112 Å². The summed E-state index contributed by atoms with van der Waals surface area (Å²) in [6.07, 6.45) is 12.1. The molecule has 0 unspecified atom stereocenters. The molecular formula is C42H49FN2O5. The second kappa shape index (κ2) is 20.6. The summed E-state index contributed by atoms with van der Waals surface area (Å²) in [5.74, 6) is -0.706. The van der Waals surface area contributed by atoms with Crippen LogP contribution in [-0.4, -0.2) is 24.6 Å². The minimum atomic E-state index is -0.533. The minimum absolute atomic E-state index is 0.152. The van der Waals surface area contributed by atoms with E-state index >= 15 is 0 Å². The summed E-state index contributed by atoms with van der Waals surface area (Å²) in [7, 11) is 0. The second-order valence-corrected chi connectivity index (χ2v) is 12.5. The van der Waals surface area contributed by atoms with Gasteiger partial charge in [-0.1, -0.05) is 83.4 Å². The van der Waals surface area contributed by atoms with Crippen molar-refractivity contribution in [1.82, 2.24) is 0 Å². The van der Waals surface area contributed by atoms with Gasteiger partial charge in [0.15, 0.2) is 11.6 Å². The maximum absolute atomic E-state index is 14.7. The molecule has 0 amide bonds. The highest BCUT2D eigenvalue weighted by Gasteiger charge is 2.14. The molecule has 0 aliphatic heterocycles. The number of hydrogen-bond acceptors (Lipinski definition) is 7. The maximum Gasteiger partial charge on any atom is 0.343 e. The van der Waals surface area contributed by atoms with Gasteiger partial charge in [-0.15, -0.1) is 0 Å². The van der Waals surface area contributed by atoms with Gasteiger partial charge >= 0.3 is 11.9 Å². The molecule has 0 N–H and O–H groups in total. The van der Waals surface area contributed by atoms with Crippen LogP contribution in [0.2, 0.25) is 0 Å². The average molecular weight is 681 g/mol. The molecule has 1 atom stereocenters. The summed E-state index contributed by atoms with van der Waals surface area (Å²) >= 11 is 0. The van der Waals surface area contributed by atoms with Crippen LogP contribution < -0.4 is 9.47 Å². The maximum atomic E-state index is 14.7. The molecule has 0 bridgehead atoms. The molecule has 0 fully saturated rings. The van der Waals surface area contributed by atoms with Gasteiger partial charge in [0.05, 0.1) is 35.2 Å². The van der Waals surface area contributed by atoms with Crippen molar-refractivity contribution in [3.63, 3.8) is 0 Å². The van der Waals surface area contributed by atoms with Gasteiger partial charge in [-0.25, -0.2) is 14.0 Å². The van der Waals surface area contributed by atoms with Crippen molar-refractivity contribution in [3.8, 4) is 22.6 Å². The Morgan fingerprint density at radius 3 is 1.82 bits per heavy atom. The van der Waals surface area contributed by atoms with E-state index in [2.05, 4.69) is 24.1 Å². The van der Waals surface area contributed by atoms with E-state index in [1.165, 1.54) is 38.2 Å². The number of esters is 2. The van der Waals surface area contributed by atoms with Crippen molar-refractivity contribution in [3.05, 3.63) is 108 Å². The molecule has 264 valence electrons. The molecule has 0 saturated carbocycles. The Kier molecular flexibility index (Phi) is 15.6. The van der Waals surface area contributed by atoms with Gasteiger partial charge in [0.25, 0.3) is 0 Å². The largest absolute Gasteiger partial charge is 0.491 e. The lowest BCUT2D eigenvalue weighted by Crippen LogP contribution is -2.15. The Bertz CT molecular complexity index is 1650. The highest BCUT2D eigenvalue weighted by atomic mass is 19.1. The summed E-state index contributed by atoms with van der Waals surface area (Å²) in [4.78, 5) is 25.2. The van der Waals surface area contributed by atoms with Crippen molar-refractivity contribution >= 4 is 23.3 Å². The van der Waals surface area contributed by atoms with Crippen molar-refractivity contribution in [2.75, 3.05) is 6.61 Å². The zero-order chi connectivity index (χ0) is 35.6. The molecule has 4 rings (SSSR count). The van der Waals surface area contributed by atoms with Gasteiger partial charge in [-0.3, -0.25) is 0 Å². The Morgan fingerprint density at radius 2 is 1.18 bits per heavy atom. The van der Waals surface area contributed by atoms with Gasteiger partial charge in [0, 0.05) is 0 Å². The Morgan fingerprint density at radius 1 is 0.640 bits per heavy atom. The predicted octanol–water partition coefficient (Wildman–Crippen LogP) is 12.4. The van der Waals surface area contributed by atoms with Crippen LogP contribution in [0.25, 0.3) is 11.1 Å². The molecule has 7 nitrogen and oxygen atoms in total. The van der Waals surface area contributed by atoms with Crippen LogP contribution in [0.3, 0.4) is 0 Å². The third-order valence-electron chi connectivity index (χ3n) is 8.34. The third kappa shape index (κ3) is 12.6. The number of ether oxygens (including phenoxy) is 3. The number of carbonyl (C=O) groups excluding carboxylic acids is 2. The number of rotatable bonds is 20. The van der Waals surface area contributed by atoms with Crippen LogP contribution in [0.5, 0.6) is 11.5 Å². The van der Waals surface area contributed by atoms with Gasteiger partial charge in [-0.05, 0) is 110 Å². The molecule has 50 heavy (non-hydrogen) atoms. The smallest absolute Gasteiger partial charge is 0.343 e. The van der Waals surface area contributed by atoms with E-state index in [1.54, 1.807) is 54.6 Å². The van der Waals surface area contributed by atoms with Crippen molar-refractivity contribution in [2.24, 2.45) is 10.2 Å². The second-order valence-electron chi connectivity index (χ2n) is 12.5. The first-order valence-corrected chi connectivity index (χ1v) is 17.9. The Hall–Kier alpha value is -4.85. The molecule has 0 heterocycles. The summed E-state index contributed by atoms with van der Waals surface area (Å²) in [5.41, 5.74) is 3.54. The number of hydrogen-bond donors (Lipinski definition) is 0. The van der Waals surface area contributed by atoms with E-state index in [-0.39, 0.29) is 17.7 Å². The molecular weight excluding hydrogens is 631 g/mol. The first-order valence-electron chi connectivity index (χ1n) is 17.9. The first kappa shape index (κ1) is 38.0. The van der Waals surface area contributed by atoms with E-state index in [0.717, 1.165) is 49.7 Å². The molecule has 0 saturated heterocycles. The monoisotopic (exact) mass is 680 g/mol. The van der Waals surface area contributed by atoms with Gasteiger partial charge < -0.3 is 14.2 Å². The SMILES string of the molecule is CCCCCCCCOc1ccc(-c2ccc(N=Nc3ccc(C(=O)Oc4ccc(C(=O)O[C@@H](C)CCCCCC)cc4)cc3)cc2)cc1F. The summed E-state index contributed by atoms with van der Waals surface area (Å²) < 4.78 is 31.4. The lowest BCUT2D eigenvalue weighted by molar-refractivity contribution is 0.0319. The molecule has 8 heteroatoms. The van der Waals surface area contributed by atoms with Gasteiger partial charge in [0.2, 0.25) is 0 Å². The molecule has 0 radical (unpaired) electrons. The molecule has 4 aromatic carbocycles. The lowest BCUT2D eigenvalue weighted by atomic mass is 10.1. The van der Waals surface area contributed by atoms with Crippen molar-refractivity contribution in [1.29, 1.82) is 0 Å². The zero-order valence-corrected chi connectivity index (χ0v) is 29.5. The van der Waals surface area contributed by atoms with E-state index in [4.69, 9.17) is 14.2 Å². The molecule has 0 aromatic heterocycles. The number of halogens is 1. The highest BCUT2D eigenvalue weighted by molar-refractivity contribution is 5.92. The molecule has 0 aliphatic rings. The third-order valence-corrected chi connectivity index (χ3v) is 8.34. The van der Waals surface area contributed by atoms with E-state index in [1.807, 2.05) is 37.3 Å². The summed E-state index contributed by atoms with van der Waals surface area (Å²) in [6, 6.07) is 25.3. The normalized spacial score (nSPS) is 11.8. The quantitative estimate of drug-likeness (QED) is 0.0401. The van der Waals surface area contributed by atoms with Gasteiger partial charge in [-0.2, -0.15) is 10.2 Å². The number of unbranched alkanes of at least 4 members (excludes halogenated alkanes) is 8. The number of nitrogens with zero attached hydrogens (tertiary/aromatic N) is 2. The summed E-state index contributed by atoms with van der Waals surface area (Å²) in [5, 5.41) is 8.56. The Labute approximate surface area is 295 Å². The zero-order valence-electron chi connectivity index (χ0n) is 29.5. The molecule has 4 aromatic rings. The van der Waals surface area contributed by atoms with Crippen LogP contribution in [0.15, 0.2) is 101 Å². The molecule has 0 spiro atoms. The molecule has 0 aliphatic carbocycles. The van der Waals surface area contributed by atoms with Crippen molar-refractivity contribution in [2.45, 2.75) is 97.5 Å². The van der Waals surface area contributed by atoms with Gasteiger partial charge in [0.1, 0.15) is 5.75 Å². The fraction of sp³-hybridized carbons (Fsp3) is 0.381. The van der Waals surface area contributed by atoms with Crippen molar-refractivity contribution < 1.29 is 28.2 Å². The van der Waals surface area contributed by atoms with E-state index in [0.29, 0.717) is 34.9 Å². The highest BCUT2D eigenvalue weighted by Crippen LogP contribution is 2.28. The predicted molar refractivity (Wildman–Crippen MR) is 196 cm³/mol. The minimum Gasteiger partial charge on any atom is -0.491 e. The van der Waals surface area contributed by atoms with E-state index in [9.17, 15) is 14.0 Å². The van der Waals surface area contributed by atoms with Crippen LogP contribution in [0, 0.1) is 5.82 Å². The number of carbonyl (C=O) groups is 2. The topological polar surface area (TPSA) is 86.5 Å². The first-order chi connectivity index (χ1) is 24.4. The van der Waals surface area contributed by atoms with Crippen LogP contribution in [-0.2, 0) is 4.74 Å². The fourth-order valence-electron chi connectivity index (χ4n) is 5.36. The Balaban J connectivity index is 1.23. The van der Waals surface area contributed by atoms with Crippen LogP contribution in [0.4, 0.5) is 15.8 Å². The summed E-state index contributed by atoms with van der Waals surface area (Å²) in [6.45, 7) is 6.78. The lowest BCUT2D eigenvalue weighted by Gasteiger charge is -2.13. The standard InChI is InChI=1S/C42H49FN2O5/c1-4-6-8-10-11-13-29-48-40-28-21-35(30-39(40)43)32-15-22-36(23-16-32)44-45-37-24-17-33(18-25-37)42(47)50-38-26-19-34(20-27-38)41(46)49-31(3)14-12-9-7-5-2/h15-28,30-31H,4-14,29H2,1-3H3/t31-/m0/s1. The average Bonchev–Trinajstić information content (AvgIpc) is 3.13. The fourth-order valence-corrected chi connectivity index (χ4v) is 5.36. The van der Waals surface area contributed by atoms with E-state index < -0.39 is 11.9 Å².